The predicted octanol–water partition coefficient (Wildman–Crippen LogP) is 4.39. The molecule has 0 saturated carbocycles. The maximum atomic E-state index is 12.9. The molecule has 0 radical (unpaired) electrons. The minimum atomic E-state index is -0.474. The molecule has 4 aromatic rings. The number of hydrogen-bond acceptors (Lipinski definition) is 3. The van der Waals surface area contributed by atoms with E-state index in [2.05, 4.69) is 31.2 Å². The van der Waals surface area contributed by atoms with E-state index in [1.807, 2.05) is 24.3 Å². The number of nitrogens with two attached hydrogens (primary N) is 1. The molecule has 0 aliphatic heterocycles. The van der Waals surface area contributed by atoms with E-state index in [0.29, 0.717) is 17.5 Å². The van der Waals surface area contributed by atoms with Crippen molar-refractivity contribution in [3.63, 3.8) is 0 Å². The van der Waals surface area contributed by atoms with E-state index in [4.69, 9.17) is 5.84 Å². The first-order valence-corrected chi connectivity index (χ1v) is 10.5. The number of nitrogen functional groups attached to an aromatic ring is 1. The van der Waals surface area contributed by atoms with Crippen molar-refractivity contribution >= 4 is 22.5 Å². The lowest BCUT2D eigenvalue weighted by molar-refractivity contribution is -0.619. The first-order chi connectivity index (χ1) is 15.0. The molecule has 0 saturated heterocycles. The molecule has 1 aromatic heterocycles. The molecule has 0 aliphatic carbocycles. The number of aryl methyl sites for hydroxylation is 3. The molecular formula is C27H25N2O2+. The van der Waals surface area contributed by atoms with Crippen molar-refractivity contribution in [3.8, 4) is 0 Å². The first-order valence-electron chi connectivity index (χ1n) is 10.5. The van der Waals surface area contributed by atoms with Gasteiger partial charge in [0.25, 0.3) is 0 Å². The van der Waals surface area contributed by atoms with Gasteiger partial charge in [-0.25, -0.2) is 5.84 Å². The predicted molar refractivity (Wildman–Crippen MR) is 123 cm³/mol. The number of carbonyl (C=O) groups excluding carboxylic acids is 2. The summed E-state index contributed by atoms with van der Waals surface area (Å²) in [5.74, 6) is 5.41. The van der Waals surface area contributed by atoms with Gasteiger partial charge in [-0.3, -0.25) is 9.59 Å². The molecule has 4 rings (SSSR count). The molecule has 0 amide bonds. The number of nitrogens with zero attached hydrogens (tertiary/aromatic N) is 1. The van der Waals surface area contributed by atoms with E-state index in [-0.39, 0.29) is 0 Å². The maximum Gasteiger partial charge on any atom is 0.242 e. The van der Waals surface area contributed by atoms with Gasteiger partial charge in [0, 0.05) is 35.1 Å². The van der Waals surface area contributed by atoms with Crippen LogP contribution < -0.4 is 10.5 Å². The fourth-order valence-corrected chi connectivity index (χ4v) is 3.91. The second-order valence-electron chi connectivity index (χ2n) is 7.79. The monoisotopic (exact) mass is 409 g/mol. The molecule has 0 atom stereocenters. The number of pyridine rings is 1. The minimum Gasteiger partial charge on any atom is -0.285 e. The van der Waals surface area contributed by atoms with Crippen LogP contribution in [0.3, 0.4) is 0 Å². The molecule has 3 aromatic carbocycles. The fourth-order valence-electron chi connectivity index (χ4n) is 3.91. The molecule has 2 N–H and O–H groups in total. The number of fused-ring (bicyclic) bond motifs is 1. The average molecular weight is 410 g/mol. The summed E-state index contributed by atoms with van der Waals surface area (Å²) in [6.45, 7) is 2.06. The molecule has 154 valence electrons. The van der Waals surface area contributed by atoms with E-state index >= 15 is 0 Å². The van der Waals surface area contributed by atoms with Gasteiger partial charge in [0.2, 0.25) is 22.8 Å². The summed E-state index contributed by atoms with van der Waals surface area (Å²) >= 11 is 0. The van der Waals surface area contributed by atoms with Crippen molar-refractivity contribution in [2.75, 3.05) is 5.84 Å². The summed E-state index contributed by atoms with van der Waals surface area (Å²) in [5, 5.41) is 1.11. The molecule has 4 heteroatoms. The van der Waals surface area contributed by atoms with E-state index in [9.17, 15) is 9.59 Å². The number of benzene rings is 3. The zero-order chi connectivity index (χ0) is 21.8. The quantitative estimate of drug-likeness (QED) is 0.213. The van der Waals surface area contributed by atoms with Crippen molar-refractivity contribution in [3.05, 3.63) is 113 Å². The average Bonchev–Trinajstić information content (AvgIpc) is 2.80. The summed E-state index contributed by atoms with van der Waals surface area (Å²) in [4.78, 5) is 25.5. The summed E-state index contributed by atoms with van der Waals surface area (Å²) < 4.78 is 1.74. The molecule has 0 fully saturated rings. The van der Waals surface area contributed by atoms with Crippen molar-refractivity contribution in [1.82, 2.24) is 0 Å². The van der Waals surface area contributed by atoms with Crippen LogP contribution in [-0.2, 0) is 12.8 Å². The Balaban J connectivity index is 1.49. The Morgan fingerprint density at radius 1 is 0.806 bits per heavy atom. The van der Waals surface area contributed by atoms with Gasteiger partial charge in [0.05, 0.1) is 0 Å². The summed E-state index contributed by atoms with van der Waals surface area (Å²) in [6, 6.07) is 26.4. The standard InChI is InChI=1S/C27H25N2O2/c1-19-14-17-25-22(18-19)15-16-23(29(25)28)12-7-11-20-8-5-6-13-24(20)27(31)26(30)21-9-3-2-4-10-21/h2-6,8-10,13-18H,7,11-12,28H2,1H3/q+1. The van der Waals surface area contributed by atoms with Gasteiger partial charge < -0.3 is 0 Å². The van der Waals surface area contributed by atoms with E-state index in [1.54, 1.807) is 41.1 Å². The topological polar surface area (TPSA) is 64.0 Å². The van der Waals surface area contributed by atoms with Crippen molar-refractivity contribution in [2.24, 2.45) is 0 Å². The van der Waals surface area contributed by atoms with Crippen LogP contribution >= 0.6 is 0 Å². The van der Waals surface area contributed by atoms with Crippen molar-refractivity contribution in [2.45, 2.75) is 26.2 Å². The second-order valence-corrected chi connectivity index (χ2v) is 7.79. The molecule has 1 heterocycles. The van der Waals surface area contributed by atoms with Crippen LogP contribution in [0.5, 0.6) is 0 Å². The normalized spacial score (nSPS) is 10.9. The number of hydrogen-bond donors (Lipinski definition) is 1. The van der Waals surface area contributed by atoms with Crippen LogP contribution in [0.2, 0.25) is 0 Å². The van der Waals surface area contributed by atoms with Crippen LogP contribution in [0.1, 0.15) is 44.0 Å². The highest BCUT2D eigenvalue weighted by Gasteiger charge is 2.21. The van der Waals surface area contributed by atoms with Gasteiger partial charge in [0.1, 0.15) is 0 Å². The Morgan fingerprint density at radius 2 is 1.55 bits per heavy atom. The second kappa shape index (κ2) is 8.92. The Kier molecular flexibility index (Phi) is 5.89. The highest BCUT2D eigenvalue weighted by Crippen LogP contribution is 2.17. The lowest BCUT2D eigenvalue weighted by Gasteiger charge is -2.08. The third-order valence-electron chi connectivity index (χ3n) is 5.59. The Morgan fingerprint density at radius 3 is 2.35 bits per heavy atom. The van der Waals surface area contributed by atoms with Gasteiger partial charge >= 0.3 is 0 Å². The summed E-state index contributed by atoms with van der Waals surface area (Å²) in [6.07, 6.45) is 2.28. The van der Waals surface area contributed by atoms with Gasteiger partial charge in [-0.2, -0.15) is 0 Å². The van der Waals surface area contributed by atoms with Gasteiger partial charge in [-0.15, -0.1) is 0 Å². The molecule has 0 unspecified atom stereocenters. The fraction of sp³-hybridized carbons (Fsp3) is 0.148. The molecule has 0 aliphatic rings. The van der Waals surface area contributed by atoms with Crippen molar-refractivity contribution < 1.29 is 14.3 Å². The smallest absolute Gasteiger partial charge is 0.242 e. The zero-order valence-electron chi connectivity index (χ0n) is 17.5. The van der Waals surface area contributed by atoms with Gasteiger partial charge in [0.15, 0.2) is 0 Å². The molecule has 0 spiro atoms. The third kappa shape index (κ3) is 4.38. The van der Waals surface area contributed by atoms with Crippen LogP contribution in [0.25, 0.3) is 10.9 Å². The lowest BCUT2D eigenvalue weighted by Crippen LogP contribution is -2.48. The largest absolute Gasteiger partial charge is 0.285 e. The van der Waals surface area contributed by atoms with Crippen LogP contribution in [0.15, 0.2) is 84.9 Å². The maximum absolute atomic E-state index is 12.9. The van der Waals surface area contributed by atoms with E-state index < -0.39 is 11.6 Å². The van der Waals surface area contributed by atoms with Crippen molar-refractivity contribution in [1.29, 1.82) is 0 Å². The van der Waals surface area contributed by atoms with E-state index in [0.717, 1.165) is 35.0 Å². The first kappa shape index (κ1) is 20.5. The summed E-state index contributed by atoms with van der Waals surface area (Å²) in [7, 11) is 0. The van der Waals surface area contributed by atoms with Crippen LogP contribution in [-0.4, -0.2) is 11.6 Å². The molecular weight excluding hydrogens is 384 g/mol. The highest BCUT2D eigenvalue weighted by atomic mass is 16.2. The SMILES string of the molecule is Cc1ccc2c(ccc(CCCc3ccccc3C(=O)C(=O)c3ccccc3)[n+]2N)c1. The van der Waals surface area contributed by atoms with Gasteiger partial charge in [-0.05, 0) is 37.5 Å². The molecule has 0 bridgehead atoms. The molecule has 31 heavy (non-hydrogen) atoms. The molecule has 4 nitrogen and oxygen atoms in total. The Hall–Kier alpha value is -3.79. The number of Topliss-reactive ketones (excluding diaryl/α,β-unsaturated/α-hetero) is 2. The lowest BCUT2D eigenvalue weighted by atomic mass is 9.94. The third-order valence-corrected chi connectivity index (χ3v) is 5.59. The Labute approximate surface area is 181 Å². The van der Waals surface area contributed by atoms with Crippen LogP contribution in [0.4, 0.5) is 0 Å². The zero-order valence-corrected chi connectivity index (χ0v) is 17.5. The Bertz CT molecular complexity index is 1260. The van der Waals surface area contributed by atoms with Gasteiger partial charge in [-0.1, -0.05) is 70.9 Å². The van der Waals surface area contributed by atoms with Crippen LogP contribution in [0, 0.1) is 6.92 Å². The number of aromatic nitrogens is 1. The summed E-state index contributed by atoms with van der Waals surface area (Å²) in [5.41, 5.74) is 5.00. The number of carbonyl (C=O) groups is 2. The number of ketones is 2. The number of rotatable bonds is 7. The van der Waals surface area contributed by atoms with E-state index in [1.165, 1.54) is 5.56 Å². The highest BCUT2D eigenvalue weighted by molar-refractivity contribution is 6.49. The minimum absolute atomic E-state index is 0.415.